The lowest BCUT2D eigenvalue weighted by molar-refractivity contribution is -0.116. The SMILES string of the molecule is O=C(CCc1ccc(CN2CCN3CCCC3C2)cc1)Nc1ccc(-c2ccc(Cl)cc2)cc1. The number of carbonyl (C=O) groups excluding carboxylic acids is 1. The van der Waals surface area contributed by atoms with E-state index >= 15 is 0 Å². The van der Waals surface area contributed by atoms with Gasteiger partial charge in [-0.15, -0.1) is 0 Å². The standard InChI is InChI=1S/C29H32ClN3O/c30-26-12-8-24(9-13-26)25-10-14-27(15-11-25)31-29(34)16-7-22-3-5-23(6-4-22)20-32-18-19-33-17-1-2-28(33)21-32/h3-6,8-15,28H,1-2,7,16-21H2,(H,31,34). The number of halogens is 1. The van der Waals surface area contributed by atoms with Gasteiger partial charge >= 0.3 is 0 Å². The van der Waals surface area contributed by atoms with E-state index in [-0.39, 0.29) is 5.91 Å². The first-order chi connectivity index (χ1) is 16.6. The first-order valence-electron chi connectivity index (χ1n) is 12.3. The Balaban J connectivity index is 1.08. The summed E-state index contributed by atoms with van der Waals surface area (Å²) in [6, 6.07) is 25.3. The van der Waals surface area contributed by atoms with Crippen molar-refractivity contribution in [2.75, 3.05) is 31.5 Å². The number of carbonyl (C=O) groups is 1. The number of nitrogens with one attached hydrogen (secondary N) is 1. The highest BCUT2D eigenvalue weighted by Crippen LogP contribution is 2.24. The Morgan fingerprint density at radius 2 is 1.53 bits per heavy atom. The Hall–Kier alpha value is -2.66. The lowest BCUT2D eigenvalue weighted by Gasteiger charge is -2.37. The first kappa shape index (κ1) is 23.1. The van der Waals surface area contributed by atoms with E-state index in [9.17, 15) is 4.79 Å². The van der Waals surface area contributed by atoms with E-state index < -0.39 is 0 Å². The third-order valence-corrected chi connectivity index (χ3v) is 7.34. The Morgan fingerprint density at radius 3 is 2.26 bits per heavy atom. The van der Waals surface area contributed by atoms with Gasteiger partial charge in [0.2, 0.25) is 5.91 Å². The Labute approximate surface area is 207 Å². The summed E-state index contributed by atoms with van der Waals surface area (Å²) in [5.74, 6) is 0.0396. The summed E-state index contributed by atoms with van der Waals surface area (Å²) in [7, 11) is 0. The molecule has 3 aromatic rings. The van der Waals surface area contributed by atoms with Gasteiger partial charge in [0.15, 0.2) is 0 Å². The number of benzene rings is 3. The van der Waals surface area contributed by atoms with Crippen LogP contribution in [0.5, 0.6) is 0 Å². The molecule has 0 aromatic heterocycles. The van der Waals surface area contributed by atoms with Crippen molar-refractivity contribution in [2.45, 2.75) is 38.3 Å². The van der Waals surface area contributed by atoms with Crippen LogP contribution >= 0.6 is 11.6 Å². The summed E-state index contributed by atoms with van der Waals surface area (Å²) in [4.78, 5) is 17.7. The second-order valence-electron chi connectivity index (χ2n) is 9.52. The van der Waals surface area contributed by atoms with Crippen molar-refractivity contribution < 1.29 is 4.79 Å². The van der Waals surface area contributed by atoms with Crippen LogP contribution < -0.4 is 5.32 Å². The van der Waals surface area contributed by atoms with Gasteiger partial charge in [0.1, 0.15) is 0 Å². The maximum absolute atomic E-state index is 12.5. The van der Waals surface area contributed by atoms with Gasteiger partial charge in [-0.05, 0) is 72.3 Å². The average Bonchev–Trinajstić information content (AvgIpc) is 3.33. The zero-order valence-electron chi connectivity index (χ0n) is 19.6. The Bertz CT molecular complexity index is 1100. The molecule has 0 saturated carbocycles. The van der Waals surface area contributed by atoms with E-state index in [0.29, 0.717) is 6.42 Å². The van der Waals surface area contributed by atoms with Gasteiger partial charge in [-0.25, -0.2) is 0 Å². The molecule has 4 nitrogen and oxygen atoms in total. The molecule has 1 unspecified atom stereocenters. The molecule has 2 aliphatic rings. The van der Waals surface area contributed by atoms with Crippen molar-refractivity contribution in [1.29, 1.82) is 0 Å². The average molecular weight is 474 g/mol. The molecule has 2 saturated heterocycles. The van der Waals surface area contributed by atoms with Crippen molar-refractivity contribution in [1.82, 2.24) is 9.80 Å². The van der Waals surface area contributed by atoms with E-state index in [2.05, 4.69) is 39.4 Å². The number of fused-ring (bicyclic) bond motifs is 1. The van der Waals surface area contributed by atoms with Crippen molar-refractivity contribution >= 4 is 23.2 Å². The molecular weight excluding hydrogens is 442 g/mol. The van der Waals surface area contributed by atoms with Crippen LogP contribution in [-0.4, -0.2) is 47.9 Å². The smallest absolute Gasteiger partial charge is 0.224 e. The molecule has 3 aromatic carbocycles. The summed E-state index contributed by atoms with van der Waals surface area (Å²) < 4.78 is 0. The largest absolute Gasteiger partial charge is 0.326 e. The molecule has 1 amide bonds. The number of amides is 1. The lowest BCUT2D eigenvalue weighted by Crippen LogP contribution is -2.49. The monoisotopic (exact) mass is 473 g/mol. The molecule has 5 heteroatoms. The fourth-order valence-electron chi connectivity index (χ4n) is 5.14. The van der Waals surface area contributed by atoms with Crippen LogP contribution in [0.2, 0.25) is 5.02 Å². The number of hydrogen-bond acceptors (Lipinski definition) is 3. The molecule has 5 rings (SSSR count). The van der Waals surface area contributed by atoms with Crippen LogP contribution in [0.3, 0.4) is 0 Å². The molecule has 34 heavy (non-hydrogen) atoms. The molecule has 1 atom stereocenters. The lowest BCUT2D eigenvalue weighted by atomic mass is 10.0. The number of hydrogen-bond donors (Lipinski definition) is 1. The van der Waals surface area contributed by atoms with Gasteiger partial charge < -0.3 is 5.32 Å². The molecule has 2 aliphatic heterocycles. The minimum absolute atomic E-state index is 0.0396. The fourth-order valence-corrected chi connectivity index (χ4v) is 5.26. The van der Waals surface area contributed by atoms with E-state index in [1.807, 2.05) is 48.5 Å². The van der Waals surface area contributed by atoms with Crippen molar-refractivity contribution in [3.05, 3.63) is 88.9 Å². The van der Waals surface area contributed by atoms with E-state index in [1.54, 1.807) is 0 Å². The van der Waals surface area contributed by atoms with Crippen molar-refractivity contribution in [3.8, 4) is 11.1 Å². The maximum Gasteiger partial charge on any atom is 0.224 e. The highest BCUT2D eigenvalue weighted by molar-refractivity contribution is 6.30. The van der Waals surface area contributed by atoms with Crippen molar-refractivity contribution in [2.24, 2.45) is 0 Å². The fraction of sp³-hybridized carbons (Fsp3) is 0.345. The predicted octanol–water partition coefficient (Wildman–Crippen LogP) is 5.86. The van der Waals surface area contributed by atoms with Gasteiger partial charge in [0.25, 0.3) is 0 Å². The molecule has 0 aliphatic carbocycles. The summed E-state index contributed by atoms with van der Waals surface area (Å²) >= 11 is 5.97. The van der Waals surface area contributed by atoms with Crippen LogP contribution in [0.25, 0.3) is 11.1 Å². The Kier molecular flexibility index (Phi) is 7.29. The molecule has 2 fully saturated rings. The highest BCUT2D eigenvalue weighted by Gasteiger charge is 2.30. The van der Waals surface area contributed by atoms with E-state index in [1.165, 1.54) is 50.1 Å². The maximum atomic E-state index is 12.5. The second kappa shape index (κ2) is 10.7. The minimum atomic E-state index is 0.0396. The number of nitrogens with zero attached hydrogens (tertiary/aromatic N) is 2. The minimum Gasteiger partial charge on any atom is -0.326 e. The molecule has 176 valence electrons. The van der Waals surface area contributed by atoms with Gasteiger partial charge in [-0.3, -0.25) is 14.6 Å². The van der Waals surface area contributed by atoms with Gasteiger partial charge in [-0.2, -0.15) is 0 Å². The second-order valence-corrected chi connectivity index (χ2v) is 9.95. The molecule has 2 heterocycles. The number of aryl methyl sites for hydroxylation is 1. The third kappa shape index (κ3) is 5.87. The summed E-state index contributed by atoms with van der Waals surface area (Å²) in [5.41, 5.74) is 5.59. The van der Waals surface area contributed by atoms with Crippen LogP contribution in [0.4, 0.5) is 5.69 Å². The number of anilines is 1. The zero-order chi connectivity index (χ0) is 23.3. The summed E-state index contributed by atoms with van der Waals surface area (Å²) in [6.07, 6.45) is 3.93. The van der Waals surface area contributed by atoms with Gasteiger partial charge in [-0.1, -0.05) is 60.1 Å². The molecule has 0 spiro atoms. The topological polar surface area (TPSA) is 35.6 Å². The molecule has 0 radical (unpaired) electrons. The Morgan fingerprint density at radius 1 is 0.853 bits per heavy atom. The zero-order valence-corrected chi connectivity index (χ0v) is 20.3. The van der Waals surface area contributed by atoms with E-state index in [0.717, 1.165) is 40.8 Å². The van der Waals surface area contributed by atoms with Crippen LogP contribution in [-0.2, 0) is 17.8 Å². The quantitative estimate of drug-likeness (QED) is 0.467. The normalized spacial score (nSPS) is 18.6. The van der Waals surface area contributed by atoms with Crippen LogP contribution in [0.1, 0.15) is 30.4 Å². The van der Waals surface area contributed by atoms with Crippen molar-refractivity contribution in [3.63, 3.8) is 0 Å². The first-order valence-corrected chi connectivity index (χ1v) is 12.7. The molecule has 1 N–H and O–H groups in total. The van der Waals surface area contributed by atoms with Crippen LogP contribution in [0, 0.1) is 0 Å². The third-order valence-electron chi connectivity index (χ3n) is 7.09. The number of piperazine rings is 1. The predicted molar refractivity (Wildman–Crippen MR) is 140 cm³/mol. The van der Waals surface area contributed by atoms with Gasteiger partial charge in [0.05, 0.1) is 0 Å². The highest BCUT2D eigenvalue weighted by atomic mass is 35.5. The summed E-state index contributed by atoms with van der Waals surface area (Å²) in [6.45, 7) is 5.88. The van der Waals surface area contributed by atoms with Gasteiger partial charge in [0, 0.05) is 49.4 Å². The van der Waals surface area contributed by atoms with E-state index in [4.69, 9.17) is 11.6 Å². The number of rotatable bonds is 7. The molecular formula is C29H32ClN3O. The van der Waals surface area contributed by atoms with Crippen LogP contribution in [0.15, 0.2) is 72.8 Å². The summed E-state index contributed by atoms with van der Waals surface area (Å²) in [5, 5.41) is 3.74. The molecule has 0 bridgehead atoms.